The molecule has 20 heavy (non-hydrogen) atoms. The van der Waals surface area contributed by atoms with Gasteiger partial charge in [-0.2, -0.15) is 0 Å². The number of benzene rings is 1. The molecule has 0 aromatic heterocycles. The first-order valence-electron chi connectivity index (χ1n) is 6.15. The highest BCUT2D eigenvalue weighted by Gasteiger charge is 2.34. The van der Waals surface area contributed by atoms with Crippen LogP contribution in [0.4, 0.5) is 0 Å². The number of aryl methyl sites for hydroxylation is 1. The van der Waals surface area contributed by atoms with Gasteiger partial charge in [0.2, 0.25) is 5.91 Å². The summed E-state index contributed by atoms with van der Waals surface area (Å²) in [5.74, 6) is -1.46. The van der Waals surface area contributed by atoms with E-state index in [4.69, 9.17) is 21.4 Å². The van der Waals surface area contributed by atoms with Gasteiger partial charge in [-0.25, -0.2) is 4.79 Å². The zero-order valence-corrected chi connectivity index (χ0v) is 12.2. The summed E-state index contributed by atoms with van der Waals surface area (Å²) >= 11 is 5.77. The van der Waals surface area contributed by atoms with Gasteiger partial charge in [0.25, 0.3) is 0 Å². The second-order valence-electron chi connectivity index (χ2n) is 4.74. The number of halogens is 1. The number of carbonyl (C=O) groups is 2. The van der Waals surface area contributed by atoms with Crippen LogP contribution in [0.25, 0.3) is 0 Å². The van der Waals surface area contributed by atoms with E-state index in [0.29, 0.717) is 11.4 Å². The molecule has 110 valence electrons. The lowest BCUT2D eigenvalue weighted by Gasteiger charge is -2.25. The Hall–Kier alpha value is -1.59. The maximum Gasteiger partial charge on any atom is 0.331 e. The lowest BCUT2D eigenvalue weighted by Crippen LogP contribution is -2.55. The minimum absolute atomic E-state index is 0.0883. The zero-order valence-electron chi connectivity index (χ0n) is 11.5. The van der Waals surface area contributed by atoms with E-state index in [1.54, 1.807) is 12.1 Å². The van der Waals surface area contributed by atoms with Gasteiger partial charge in [0.05, 0.1) is 6.61 Å². The number of carboxylic acids is 1. The fraction of sp³-hybridized carbons (Fsp3) is 0.429. The van der Waals surface area contributed by atoms with Gasteiger partial charge < -0.3 is 15.2 Å². The van der Waals surface area contributed by atoms with E-state index >= 15 is 0 Å². The average Bonchev–Trinajstić information content (AvgIpc) is 2.38. The van der Waals surface area contributed by atoms with Crippen LogP contribution in [0.3, 0.4) is 0 Å². The van der Waals surface area contributed by atoms with Crippen LogP contribution in [0.2, 0.25) is 5.02 Å². The number of aliphatic carboxylic acids is 1. The highest BCUT2D eigenvalue weighted by Crippen LogP contribution is 2.11. The van der Waals surface area contributed by atoms with E-state index in [2.05, 4.69) is 5.32 Å². The van der Waals surface area contributed by atoms with E-state index in [9.17, 15) is 9.59 Å². The maximum atomic E-state index is 11.8. The van der Waals surface area contributed by atoms with E-state index < -0.39 is 11.5 Å². The van der Waals surface area contributed by atoms with E-state index in [1.807, 2.05) is 12.1 Å². The summed E-state index contributed by atoms with van der Waals surface area (Å²) in [5, 5.41) is 12.2. The van der Waals surface area contributed by atoms with Gasteiger partial charge in [-0.1, -0.05) is 23.7 Å². The first kappa shape index (κ1) is 16.5. The maximum absolute atomic E-state index is 11.8. The molecule has 0 fully saturated rings. The van der Waals surface area contributed by atoms with Crippen molar-refractivity contribution in [3.63, 3.8) is 0 Å². The standard InChI is InChI=1S/C14H18ClNO4/c1-14(9-20-2,13(18)19)16-12(17)8-5-10-3-6-11(15)7-4-10/h3-4,6-7H,5,8-9H2,1-2H3,(H,16,17)(H,18,19). The number of carboxylic acid groups (broad SMARTS) is 1. The predicted octanol–water partition coefficient (Wildman–Crippen LogP) is 1.88. The van der Waals surface area contributed by atoms with Crippen LogP contribution < -0.4 is 5.32 Å². The molecule has 0 aliphatic heterocycles. The van der Waals surface area contributed by atoms with Crippen molar-refractivity contribution in [1.29, 1.82) is 0 Å². The topological polar surface area (TPSA) is 75.6 Å². The average molecular weight is 300 g/mol. The van der Waals surface area contributed by atoms with E-state index in [-0.39, 0.29) is 18.9 Å². The smallest absolute Gasteiger partial charge is 0.331 e. The zero-order chi connectivity index (χ0) is 15.2. The van der Waals surface area contributed by atoms with Crippen LogP contribution in [0.1, 0.15) is 18.9 Å². The molecular weight excluding hydrogens is 282 g/mol. The molecule has 1 aromatic carbocycles. The number of hydrogen-bond acceptors (Lipinski definition) is 3. The van der Waals surface area contributed by atoms with Crippen molar-refractivity contribution in [2.24, 2.45) is 0 Å². The number of ether oxygens (including phenoxy) is 1. The minimum Gasteiger partial charge on any atom is -0.479 e. The summed E-state index contributed by atoms with van der Waals surface area (Å²) in [6.07, 6.45) is 0.722. The molecule has 0 aliphatic rings. The number of nitrogens with one attached hydrogen (secondary N) is 1. The normalized spacial score (nSPS) is 13.6. The van der Waals surface area contributed by atoms with Gasteiger partial charge in [0.1, 0.15) is 0 Å². The lowest BCUT2D eigenvalue weighted by molar-refractivity contribution is -0.149. The summed E-state index contributed by atoms with van der Waals surface area (Å²) in [5.41, 5.74) is -0.445. The number of carbonyl (C=O) groups excluding carboxylic acids is 1. The molecule has 1 unspecified atom stereocenters. The molecule has 6 heteroatoms. The van der Waals surface area contributed by atoms with E-state index in [0.717, 1.165) is 5.56 Å². The van der Waals surface area contributed by atoms with Crippen molar-refractivity contribution in [3.8, 4) is 0 Å². The van der Waals surface area contributed by atoms with E-state index in [1.165, 1.54) is 14.0 Å². The number of amides is 1. The van der Waals surface area contributed by atoms with Crippen LogP contribution in [-0.2, 0) is 20.7 Å². The van der Waals surface area contributed by atoms with Crippen LogP contribution in [-0.4, -0.2) is 36.2 Å². The van der Waals surface area contributed by atoms with Gasteiger partial charge in [0, 0.05) is 18.6 Å². The fourth-order valence-corrected chi connectivity index (χ4v) is 1.85. The van der Waals surface area contributed by atoms with Crippen molar-refractivity contribution in [2.45, 2.75) is 25.3 Å². The minimum atomic E-state index is -1.41. The monoisotopic (exact) mass is 299 g/mol. The molecule has 0 heterocycles. The quantitative estimate of drug-likeness (QED) is 0.806. The second-order valence-corrected chi connectivity index (χ2v) is 5.18. The lowest BCUT2D eigenvalue weighted by atomic mass is 10.0. The van der Waals surface area contributed by atoms with Crippen molar-refractivity contribution in [3.05, 3.63) is 34.9 Å². The van der Waals surface area contributed by atoms with Crippen molar-refractivity contribution >= 4 is 23.5 Å². The molecule has 0 spiro atoms. The molecule has 1 atom stereocenters. The van der Waals surface area contributed by atoms with Crippen LogP contribution >= 0.6 is 11.6 Å². The van der Waals surface area contributed by atoms with Crippen molar-refractivity contribution in [1.82, 2.24) is 5.32 Å². The summed E-state index contributed by atoms with van der Waals surface area (Å²) < 4.78 is 4.83. The Morgan fingerprint density at radius 3 is 2.45 bits per heavy atom. The number of rotatable bonds is 7. The predicted molar refractivity (Wildman–Crippen MR) is 75.8 cm³/mol. The highest BCUT2D eigenvalue weighted by molar-refractivity contribution is 6.30. The van der Waals surface area contributed by atoms with Crippen molar-refractivity contribution < 1.29 is 19.4 Å². The Bertz CT molecular complexity index is 475. The van der Waals surface area contributed by atoms with Gasteiger partial charge in [-0.15, -0.1) is 0 Å². The third kappa shape index (κ3) is 4.83. The van der Waals surface area contributed by atoms with Gasteiger partial charge in [0.15, 0.2) is 5.54 Å². The third-order valence-corrected chi connectivity index (χ3v) is 3.13. The Morgan fingerprint density at radius 1 is 1.35 bits per heavy atom. The molecule has 1 amide bonds. The number of hydrogen-bond donors (Lipinski definition) is 2. The summed E-state index contributed by atoms with van der Waals surface area (Å²) in [7, 11) is 1.39. The summed E-state index contributed by atoms with van der Waals surface area (Å²) in [6.45, 7) is 1.33. The second kappa shape index (κ2) is 7.26. The molecular formula is C14H18ClNO4. The Morgan fingerprint density at radius 2 is 1.95 bits per heavy atom. The Balaban J connectivity index is 2.54. The molecule has 5 nitrogen and oxygen atoms in total. The van der Waals surface area contributed by atoms with Crippen LogP contribution in [0.15, 0.2) is 24.3 Å². The van der Waals surface area contributed by atoms with Gasteiger partial charge in [-0.3, -0.25) is 4.79 Å². The Labute approximate surface area is 122 Å². The largest absolute Gasteiger partial charge is 0.479 e. The molecule has 0 saturated carbocycles. The number of methoxy groups -OCH3 is 1. The molecule has 0 bridgehead atoms. The summed E-state index contributed by atoms with van der Waals surface area (Å²) in [4.78, 5) is 23.0. The van der Waals surface area contributed by atoms with Crippen molar-refractivity contribution in [2.75, 3.05) is 13.7 Å². The van der Waals surface area contributed by atoms with Crippen LogP contribution in [0, 0.1) is 0 Å². The summed E-state index contributed by atoms with van der Waals surface area (Å²) in [6, 6.07) is 7.17. The molecule has 1 rings (SSSR count). The molecule has 0 aliphatic carbocycles. The SMILES string of the molecule is COCC(C)(NC(=O)CCc1ccc(Cl)cc1)C(=O)O. The van der Waals surface area contributed by atoms with Gasteiger partial charge in [-0.05, 0) is 31.0 Å². The third-order valence-electron chi connectivity index (χ3n) is 2.87. The Kier molecular flexibility index (Phi) is 5.98. The fourth-order valence-electron chi connectivity index (χ4n) is 1.72. The van der Waals surface area contributed by atoms with Crippen LogP contribution in [0.5, 0.6) is 0 Å². The molecule has 0 saturated heterocycles. The molecule has 2 N–H and O–H groups in total. The van der Waals surface area contributed by atoms with Gasteiger partial charge >= 0.3 is 5.97 Å². The highest BCUT2D eigenvalue weighted by atomic mass is 35.5. The molecule has 0 radical (unpaired) electrons. The molecule has 1 aromatic rings. The first-order valence-corrected chi connectivity index (χ1v) is 6.53. The first-order chi connectivity index (χ1) is 9.37.